The number of hydrogen-bond donors (Lipinski definition) is 2. The molecule has 0 aliphatic carbocycles. The number of aromatic amines is 1. The Hall–Kier alpha value is -2.17. The Kier molecular flexibility index (Phi) is 3.14. The highest BCUT2D eigenvalue weighted by Gasteiger charge is 2.16. The van der Waals surface area contributed by atoms with Crippen LogP contribution in [0, 0.1) is 0 Å². The largest absolute Gasteiger partial charge is 0.504 e. The van der Waals surface area contributed by atoms with Crippen LogP contribution in [0.15, 0.2) is 16.9 Å². The molecule has 96 valence electrons. The Morgan fingerprint density at radius 2 is 1.89 bits per heavy atom. The first-order valence-electron chi connectivity index (χ1n) is 5.62. The number of hydrogen-bond acceptors (Lipinski definition) is 4. The predicted molar refractivity (Wildman–Crippen MR) is 68.7 cm³/mol. The third kappa shape index (κ3) is 1.68. The van der Waals surface area contributed by atoms with Crippen LogP contribution < -0.4 is 15.0 Å². The zero-order valence-corrected chi connectivity index (χ0v) is 10.5. The highest BCUT2D eigenvalue weighted by Crippen LogP contribution is 2.37. The number of phenols is 1. The van der Waals surface area contributed by atoms with Gasteiger partial charge in [-0.1, -0.05) is 6.92 Å². The van der Waals surface area contributed by atoms with Crippen molar-refractivity contribution in [2.24, 2.45) is 0 Å². The average Bonchev–Trinajstić information content (AvgIpc) is 2.37. The van der Waals surface area contributed by atoms with Gasteiger partial charge in [-0.15, -0.1) is 0 Å². The molecule has 2 N–H and O–H groups in total. The quantitative estimate of drug-likeness (QED) is 0.870. The van der Waals surface area contributed by atoms with Crippen LogP contribution in [-0.4, -0.2) is 24.3 Å². The Morgan fingerprint density at radius 1 is 1.22 bits per heavy atom. The molecule has 0 amide bonds. The summed E-state index contributed by atoms with van der Waals surface area (Å²) in [7, 11) is 2.96. The summed E-state index contributed by atoms with van der Waals surface area (Å²) < 4.78 is 10.4. The van der Waals surface area contributed by atoms with Gasteiger partial charge in [0, 0.05) is 5.39 Å². The summed E-state index contributed by atoms with van der Waals surface area (Å²) in [5.41, 5.74) is 0.792. The average molecular weight is 249 g/mol. The van der Waals surface area contributed by atoms with Gasteiger partial charge in [0.15, 0.2) is 11.5 Å². The predicted octanol–water partition coefficient (Wildman–Crippen LogP) is 1.81. The van der Waals surface area contributed by atoms with Gasteiger partial charge in [-0.05, 0) is 18.6 Å². The first kappa shape index (κ1) is 12.3. The third-order valence-electron chi connectivity index (χ3n) is 2.93. The van der Waals surface area contributed by atoms with E-state index in [0.29, 0.717) is 28.6 Å². The molecule has 0 fully saturated rings. The minimum Gasteiger partial charge on any atom is -0.504 e. The van der Waals surface area contributed by atoms with E-state index in [1.54, 1.807) is 6.07 Å². The van der Waals surface area contributed by atoms with Crippen LogP contribution in [0.2, 0.25) is 0 Å². The van der Waals surface area contributed by atoms with Crippen LogP contribution in [0.1, 0.15) is 12.5 Å². The number of nitrogens with one attached hydrogen (secondary N) is 1. The van der Waals surface area contributed by atoms with Crippen LogP contribution in [0.4, 0.5) is 0 Å². The van der Waals surface area contributed by atoms with Crippen molar-refractivity contribution in [1.29, 1.82) is 0 Å². The van der Waals surface area contributed by atoms with Crippen molar-refractivity contribution in [3.63, 3.8) is 0 Å². The molecule has 5 heteroatoms. The molecule has 0 bridgehead atoms. The van der Waals surface area contributed by atoms with Crippen molar-refractivity contribution >= 4 is 10.9 Å². The molecule has 2 aromatic rings. The maximum Gasteiger partial charge on any atom is 0.255 e. The third-order valence-corrected chi connectivity index (χ3v) is 2.93. The Labute approximate surface area is 104 Å². The Morgan fingerprint density at radius 3 is 2.44 bits per heavy atom. The molecule has 0 atom stereocenters. The van der Waals surface area contributed by atoms with Gasteiger partial charge in [-0.25, -0.2) is 0 Å². The van der Waals surface area contributed by atoms with Crippen molar-refractivity contribution in [3.05, 3.63) is 28.0 Å². The smallest absolute Gasteiger partial charge is 0.255 e. The van der Waals surface area contributed by atoms with Gasteiger partial charge < -0.3 is 19.6 Å². The zero-order valence-electron chi connectivity index (χ0n) is 10.5. The summed E-state index contributed by atoms with van der Waals surface area (Å²) in [5.74, 6) is 0.743. The highest BCUT2D eigenvalue weighted by molar-refractivity contribution is 5.92. The van der Waals surface area contributed by atoms with Gasteiger partial charge in [0.05, 0.1) is 25.3 Å². The molecule has 0 aliphatic rings. The van der Waals surface area contributed by atoms with Gasteiger partial charge in [-0.2, -0.15) is 0 Å². The topological polar surface area (TPSA) is 71.5 Å². The standard InChI is InChI=1S/C13H15NO4/c1-4-7-11(17-2)8-5-6-9(15)12(18-3)10(8)14-13(7)16/h5-6,15H,4H2,1-3H3,(H,14,16). The summed E-state index contributed by atoms with van der Waals surface area (Å²) >= 11 is 0. The lowest BCUT2D eigenvalue weighted by molar-refractivity contribution is 0.376. The molecule has 18 heavy (non-hydrogen) atoms. The van der Waals surface area contributed by atoms with Gasteiger partial charge in [0.25, 0.3) is 5.56 Å². The number of phenolic OH excluding ortho intramolecular Hbond substituents is 1. The number of pyridine rings is 1. The number of H-pyrrole nitrogens is 1. The molecule has 1 aromatic heterocycles. The van der Waals surface area contributed by atoms with Gasteiger partial charge >= 0.3 is 0 Å². The monoisotopic (exact) mass is 249 g/mol. The first-order valence-corrected chi connectivity index (χ1v) is 5.62. The summed E-state index contributed by atoms with van der Waals surface area (Å²) in [6.45, 7) is 1.89. The first-order chi connectivity index (χ1) is 8.63. The maximum atomic E-state index is 12.0. The van der Waals surface area contributed by atoms with E-state index in [9.17, 15) is 9.90 Å². The highest BCUT2D eigenvalue weighted by atomic mass is 16.5. The van der Waals surface area contributed by atoms with E-state index in [-0.39, 0.29) is 17.1 Å². The second-order valence-corrected chi connectivity index (χ2v) is 3.86. The number of aromatic nitrogens is 1. The van der Waals surface area contributed by atoms with Crippen molar-refractivity contribution in [2.45, 2.75) is 13.3 Å². The van der Waals surface area contributed by atoms with E-state index < -0.39 is 0 Å². The number of fused-ring (bicyclic) bond motifs is 1. The van der Waals surface area contributed by atoms with E-state index in [1.807, 2.05) is 6.92 Å². The van der Waals surface area contributed by atoms with Crippen molar-refractivity contribution in [1.82, 2.24) is 4.98 Å². The van der Waals surface area contributed by atoms with Crippen LogP contribution in [-0.2, 0) is 6.42 Å². The van der Waals surface area contributed by atoms with E-state index in [4.69, 9.17) is 9.47 Å². The molecule has 1 heterocycles. The molecule has 0 aliphatic heterocycles. The second-order valence-electron chi connectivity index (χ2n) is 3.86. The lowest BCUT2D eigenvalue weighted by atomic mass is 10.1. The summed E-state index contributed by atoms with van der Waals surface area (Å²) in [6, 6.07) is 3.21. The van der Waals surface area contributed by atoms with Crippen molar-refractivity contribution in [3.8, 4) is 17.2 Å². The Balaban J connectivity index is 2.96. The summed E-state index contributed by atoms with van der Waals surface area (Å²) in [5, 5.41) is 10.4. The van der Waals surface area contributed by atoms with Gasteiger partial charge in [0.2, 0.25) is 0 Å². The lowest BCUT2D eigenvalue weighted by Gasteiger charge is -2.12. The molecule has 5 nitrogen and oxygen atoms in total. The van der Waals surface area contributed by atoms with Crippen LogP contribution in [0.3, 0.4) is 0 Å². The molecular weight excluding hydrogens is 234 g/mol. The molecule has 0 spiro atoms. The molecule has 2 rings (SSSR count). The van der Waals surface area contributed by atoms with Crippen molar-refractivity contribution < 1.29 is 14.6 Å². The van der Waals surface area contributed by atoms with Crippen molar-refractivity contribution in [2.75, 3.05) is 14.2 Å². The van der Waals surface area contributed by atoms with E-state index in [1.165, 1.54) is 20.3 Å². The van der Waals surface area contributed by atoms with Crippen LogP contribution in [0.5, 0.6) is 17.2 Å². The minimum absolute atomic E-state index is 0.0213. The second kappa shape index (κ2) is 4.60. The molecule has 0 saturated heterocycles. The van der Waals surface area contributed by atoms with Gasteiger partial charge in [0.1, 0.15) is 5.75 Å². The van der Waals surface area contributed by atoms with Crippen LogP contribution >= 0.6 is 0 Å². The van der Waals surface area contributed by atoms with E-state index in [2.05, 4.69) is 4.98 Å². The maximum absolute atomic E-state index is 12.0. The van der Waals surface area contributed by atoms with E-state index in [0.717, 1.165) is 0 Å². The minimum atomic E-state index is -0.231. The molecule has 0 saturated carbocycles. The Bertz CT molecular complexity index is 645. The number of methoxy groups -OCH3 is 2. The number of benzene rings is 1. The summed E-state index contributed by atoms with van der Waals surface area (Å²) in [4.78, 5) is 14.7. The summed E-state index contributed by atoms with van der Waals surface area (Å²) in [6.07, 6.45) is 0.567. The SMILES string of the molecule is CCc1c(OC)c2ccc(O)c(OC)c2[nH]c1=O. The molecule has 1 aromatic carbocycles. The molecule has 0 radical (unpaired) electrons. The normalized spacial score (nSPS) is 10.6. The molecule has 0 unspecified atom stereocenters. The fourth-order valence-corrected chi connectivity index (χ4v) is 2.10. The number of ether oxygens (including phenoxy) is 2. The fraction of sp³-hybridized carbons (Fsp3) is 0.308. The van der Waals surface area contributed by atoms with Gasteiger partial charge in [-0.3, -0.25) is 4.79 Å². The zero-order chi connectivity index (χ0) is 13.3. The number of rotatable bonds is 3. The number of aromatic hydroxyl groups is 1. The van der Waals surface area contributed by atoms with E-state index >= 15 is 0 Å². The molecular formula is C13H15NO4. The fourth-order valence-electron chi connectivity index (χ4n) is 2.10. The van der Waals surface area contributed by atoms with Crippen LogP contribution in [0.25, 0.3) is 10.9 Å². The lowest BCUT2D eigenvalue weighted by Crippen LogP contribution is -2.14.